The summed E-state index contributed by atoms with van der Waals surface area (Å²) in [6.07, 6.45) is 6.31. The standard InChI is InChI=1S/C12H15N3/c1-9-5-6-12-11(14-9)8-10(15(12)2)4-3-7-13/h3-7H,8,13H2,1-2H3/b7-3-,10-4+. The molecular formula is C12H15N3. The van der Waals surface area contributed by atoms with Crippen molar-refractivity contribution in [3.63, 3.8) is 0 Å². The number of likely N-dealkylation sites (N-methyl/N-ethyl adjacent to an activating group) is 1. The van der Waals surface area contributed by atoms with E-state index in [0.717, 1.165) is 17.8 Å². The van der Waals surface area contributed by atoms with Gasteiger partial charge in [0.05, 0.1) is 11.4 Å². The highest BCUT2D eigenvalue weighted by Gasteiger charge is 2.21. The zero-order chi connectivity index (χ0) is 10.8. The number of anilines is 1. The van der Waals surface area contributed by atoms with Crippen LogP contribution in [-0.2, 0) is 6.42 Å². The molecular weight excluding hydrogens is 186 g/mol. The quantitative estimate of drug-likeness (QED) is 0.752. The molecule has 0 aliphatic carbocycles. The molecule has 0 spiro atoms. The molecule has 1 aromatic rings. The molecule has 0 unspecified atom stereocenters. The van der Waals surface area contributed by atoms with Crippen molar-refractivity contribution in [3.05, 3.63) is 47.6 Å². The van der Waals surface area contributed by atoms with E-state index in [1.165, 1.54) is 11.4 Å². The second-order valence-electron chi connectivity index (χ2n) is 3.70. The molecule has 0 radical (unpaired) electrons. The zero-order valence-corrected chi connectivity index (χ0v) is 9.07. The SMILES string of the molecule is Cc1ccc2c(n1)C/C(=C\C=C/N)N2C. The van der Waals surface area contributed by atoms with Gasteiger partial charge in [-0.1, -0.05) is 0 Å². The van der Waals surface area contributed by atoms with Crippen LogP contribution in [0.1, 0.15) is 11.4 Å². The minimum absolute atomic E-state index is 0.887. The van der Waals surface area contributed by atoms with Crippen molar-refractivity contribution in [2.45, 2.75) is 13.3 Å². The van der Waals surface area contributed by atoms with E-state index >= 15 is 0 Å². The van der Waals surface area contributed by atoms with E-state index in [9.17, 15) is 0 Å². The van der Waals surface area contributed by atoms with Crippen molar-refractivity contribution in [1.29, 1.82) is 0 Å². The van der Waals surface area contributed by atoms with E-state index in [0.29, 0.717) is 0 Å². The van der Waals surface area contributed by atoms with Gasteiger partial charge in [-0.25, -0.2) is 0 Å². The number of hydrogen-bond donors (Lipinski definition) is 1. The molecule has 3 heteroatoms. The minimum atomic E-state index is 0.887. The summed E-state index contributed by atoms with van der Waals surface area (Å²) < 4.78 is 0. The maximum absolute atomic E-state index is 5.32. The molecule has 0 saturated carbocycles. The number of nitrogens with two attached hydrogens (primary N) is 1. The highest BCUT2D eigenvalue weighted by molar-refractivity contribution is 5.62. The van der Waals surface area contributed by atoms with Crippen LogP contribution in [0.5, 0.6) is 0 Å². The molecule has 2 rings (SSSR count). The maximum atomic E-state index is 5.32. The van der Waals surface area contributed by atoms with Crippen LogP contribution in [0.25, 0.3) is 0 Å². The van der Waals surface area contributed by atoms with Crippen molar-refractivity contribution in [1.82, 2.24) is 4.98 Å². The lowest BCUT2D eigenvalue weighted by Crippen LogP contribution is -2.10. The summed E-state index contributed by atoms with van der Waals surface area (Å²) in [6, 6.07) is 4.15. The monoisotopic (exact) mass is 201 g/mol. The fraction of sp³-hybridized carbons (Fsp3) is 0.250. The van der Waals surface area contributed by atoms with E-state index in [2.05, 4.69) is 23.0 Å². The van der Waals surface area contributed by atoms with Crippen molar-refractivity contribution >= 4 is 5.69 Å². The molecule has 0 aromatic carbocycles. The Labute approximate surface area is 89.9 Å². The summed E-state index contributed by atoms with van der Waals surface area (Å²) in [6.45, 7) is 2.02. The van der Waals surface area contributed by atoms with Crippen LogP contribution in [0, 0.1) is 6.92 Å². The summed E-state index contributed by atoms with van der Waals surface area (Å²) in [4.78, 5) is 6.68. The van der Waals surface area contributed by atoms with Gasteiger partial charge in [-0.05, 0) is 37.4 Å². The number of rotatable bonds is 1. The molecule has 0 amide bonds. The molecule has 2 N–H and O–H groups in total. The van der Waals surface area contributed by atoms with Gasteiger partial charge in [0.25, 0.3) is 0 Å². The van der Waals surface area contributed by atoms with Gasteiger partial charge in [0, 0.05) is 24.9 Å². The first-order valence-electron chi connectivity index (χ1n) is 5.00. The molecule has 1 aliphatic heterocycles. The Bertz CT molecular complexity index is 432. The third-order valence-corrected chi connectivity index (χ3v) is 2.63. The third-order valence-electron chi connectivity index (χ3n) is 2.63. The third kappa shape index (κ3) is 1.73. The highest BCUT2D eigenvalue weighted by Crippen LogP contribution is 2.31. The van der Waals surface area contributed by atoms with Crippen LogP contribution in [0.15, 0.2) is 36.2 Å². The zero-order valence-electron chi connectivity index (χ0n) is 9.07. The van der Waals surface area contributed by atoms with Crippen LogP contribution in [0.3, 0.4) is 0 Å². The molecule has 1 aliphatic rings. The van der Waals surface area contributed by atoms with Crippen LogP contribution in [0.2, 0.25) is 0 Å². The Balaban J connectivity index is 2.37. The van der Waals surface area contributed by atoms with Crippen LogP contribution in [-0.4, -0.2) is 12.0 Å². The number of aryl methyl sites for hydroxylation is 1. The number of pyridine rings is 1. The van der Waals surface area contributed by atoms with E-state index < -0.39 is 0 Å². The van der Waals surface area contributed by atoms with Crippen LogP contribution in [0.4, 0.5) is 5.69 Å². The molecule has 0 atom stereocenters. The van der Waals surface area contributed by atoms with Gasteiger partial charge in [0.1, 0.15) is 0 Å². The fourth-order valence-corrected chi connectivity index (χ4v) is 1.82. The Morgan fingerprint density at radius 1 is 1.47 bits per heavy atom. The first kappa shape index (κ1) is 9.77. The van der Waals surface area contributed by atoms with Crippen molar-refractivity contribution in [2.75, 3.05) is 11.9 Å². The normalized spacial score (nSPS) is 17.7. The van der Waals surface area contributed by atoms with Crippen molar-refractivity contribution in [3.8, 4) is 0 Å². The van der Waals surface area contributed by atoms with Crippen molar-refractivity contribution in [2.24, 2.45) is 5.73 Å². The first-order valence-corrected chi connectivity index (χ1v) is 5.00. The predicted molar refractivity (Wildman–Crippen MR) is 62.5 cm³/mol. The average molecular weight is 201 g/mol. The van der Waals surface area contributed by atoms with E-state index in [1.54, 1.807) is 6.20 Å². The van der Waals surface area contributed by atoms with Gasteiger partial charge in [-0.2, -0.15) is 0 Å². The Morgan fingerprint density at radius 3 is 3.00 bits per heavy atom. The lowest BCUT2D eigenvalue weighted by Gasteiger charge is -2.13. The Kier molecular flexibility index (Phi) is 2.46. The molecule has 0 saturated heterocycles. The molecule has 15 heavy (non-hydrogen) atoms. The molecule has 0 fully saturated rings. The summed E-state index contributed by atoms with van der Waals surface area (Å²) in [5.74, 6) is 0. The molecule has 2 heterocycles. The number of fused-ring (bicyclic) bond motifs is 1. The maximum Gasteiger partial charge on any atom is 0.0701 e. The van der Waals surface area contributed by atoms with Crippen LogP contribution < -0.4 is 10.6 Å². The van der Waals surface area contributed by atoms with Crippen molar-refractivity contribution < 1.29 is 0 Å². The van der Waals surface area contributed by atoms with Gasteiger partial charge < -0.3 is 10.6 Å². The lowest BCUT2D eigenvalue weighted by molar-refractivity contribution is 1.06. The largest absolute Gasteiger partial charge is 0.405 e. The summed E-state index contributed by atoms with van der Waals surface area (Å²) in [7, 11) is 2.05. The number of nitrogens with zero attached hydrogens (tertiary/aromatic N) is 2. The second kappa shape index (κ2) is 3.77. The highest BCUT2D eigenvalue weighted by atomic mass is 15.1. The minimum Gasteiger partial charge on any atom is -0.405 e. The Morgan fingerprint density at radius 2 is 2.27 bits per heavy atom. The van der Waals surface area contributed by atoms with Gasteiger partial charge in [-0.15, -0.1) is 0 Å². The van der Waals surface area contributed by atoms with E-state index in [-0.39, 0.29) is 0 Å². The van der Waals surface area contributed by atoms with E-state index in [4.69, 9.17) is 5.73 Å². The second-order valence-corrected chi connectivity index (χ2v) is 3.70. The number of hydrogen-bond acceptors (Lipinski definition) is 3. The predicted octanol–water partition coefficient (Wildman–Crippen LogP) is 1.74. The summed E-state index contributed by atoms with van der Waals surface area (Å²) >= 11 is 0. The lowest BCUT2D eigenvalue weighted by atomic mass is 10.2. The van der Waals surface area contributed by atoms with Gasteiger partial charge >= 0.3 is 0 Å². The molecule has 3 nitrogen and oxygen atoms in total. The van der Waals surface area contributed by atoms with Gasteiger partial charge in [0.15, 0.2) is 0 Å². The van der Waals surface area contributed by atoms with Crippen LogP contribution >= 0.6 is 0 Å². The topological polar surface area (TPSA) is 42.1 Å². The molecule has 0 bridgehead atoms. The summed E-state index contributed by atoms with van der Waals surface area (Å²) in [5.41, 5.74) is 9.96. The fourth-order valence-electron chi connectivity index (χ4n) is 1.82. The smallest absolute Gasteiger partial charge is 0.0701 e. The van der Waals surface area contributed by atoms with Gasteiger partial charge in [-0.3, -0.25) is 4.98 Å². The molecule has 1 aromatic heterocycles. The molecule has 78 valence electrons. The number of aromatic nitrogens is 1. The first-order chi connectivity index (χ1) is 7.22. The average Bonchev–Trinajstić information content (AvgIpc) is 2.52. The van der Waals surface area contributed by atoms with E-state index in [1.807, 2.05) is 25.1 Å². The Hall–Kier alpha value is -1.77. The van der Waals surface area contributed by atoms with Gasteiger partial charge in [0.2, 0.25) is 0 Å². The number of allylic oxidation sites excluding steroid dienone is 3. The summed E-state index contributed by atoms with van der Waals surface area (Å²) in [5, 5.41) is 0.